The average Bonchev–Trinajstić information content (AvgIpc) is 2.86. The van der Waals surface area contributed by atoms with Crippen molar-refractivity contribution in [2.45, 2.75) is 51.8 Å². The van der Waals surface area contributed by atoms with Gasteiger partial charge >= 0.3 is 11.8 Å². The SMILES string of the molecule is CC(C)(C)OC(=O)N1CCC(n2c(=O)n(CCCl)c3cc(Cl)c(Cl)cc32)CC1. The highest BCUT2D eigenvalue weighted by Gasteiger charge is 2.30. The van der Waals surface area contributed by atoms with Gasteiger partial charge in [0.25, 0.3) is 0 Å². The maximum absolute atomic E-state index is 13.1. The van der Waals surface area contributed by atoms with Crippen LogP contribution >= 0.6 is 34.8 Å². The summed E-state index contributed by atoms with van der Waals surface area (Å²) in [5, 5.41) is 0.798. The van der Waals surface area contributed by atoms with Gasteiger partial charge in [0.1, 0.15) is 5.60 Å². The molecule has 0 spiro atoms. The average molecular weight is 449 g/mol. The molecule has 0 radical (unpaired) electrons. The summed E-state index contributed by atoms with van der Waals surface area (Å²) in [7, 11) is 0. The summed E-state index contributed by atoms with van der Waals surface area (Å²) < 4.78 is 8.83. The lowest BCUT2D eigenvalue weighted by Crippen LogP contribution is -2.43. The van der Waals surface area contributed by atoms with E-state index in [0.717, 1.165) is 11.0 Å². The molecule has 1 aliphatic heterocycles. The fourth-order valence-corrected chi connectivity index (χ4v) is 4.04. The third kappa shape index (κ3) is 4.29. The van der Waals surface area contributed by atoms with Crippen LogP contribution in [0.4, 0.5) is 4.79 Å². The lowest BCUT2D eigenvalue weighted by Gasteiger charge is -2.33. The van der Waals surface area contributed by atoms with Gasteiger partial charge in [-0.15, -0.1) is 11.6 Å². The Bertz CT molecular complexity index is 938. The topological polar surface area (TPSA) is 56.5 Å². The Morgan fingerprint density at radius 3 is 2.25 bits per heavy atom. The zero-order valence-electron chi connectivity index (χ0n) is 16.2. The van der Waals surface area contributed by atoms with E-state index in [1.54, 1.807) is 26.2 Å². The number of hydrogen-bond acceptors (Lipinski definition) is 3. The first kappa shape index (κ1) is 21.3. The van der Waals surface area contributed by atoms with Crippen molar-refractivity contribution in [1.82, 2.24) is 14.0 Å². The van der Waals surface area contributed by atoms with Crippen molar-refractivity contribution in [2.75, 3.05) is 19.0 Å². The van der Waals surface area contributed by atoms with Crippen molar-refractivity contribution in [3.63, 3.8) is 0 Å². The van der Waals surface area contributed by atoms with E-state index in [9.17, 15) is 9.59 Å². The summed E-state index contributed by atoms with van der Waals surface area (Å²) >= 11 is 18.3. The van der Waals surface area contributed by atoms with Crippen molar-refractivity contribution in [3.8, 4) is 0 Å². The third-order valence-electron chi connectivity index (χ3n) is 4.79. The number of halogens is 3. The third-order valence-corrected chi connectivity index (χ3v) is 5.69. The Hall–Kier alpha value is -1.37. The van der Waals surface area contributed by atoms with Crippen LogP contribution in [0.5, 0.6) is 0 Å². The standard InChI is InChI=1S/C19H24Cl3N3O3/c1-19(2,3)28-18(27)23-7-4-12(5-8-23)25-16-11-14(22)13(21)10-15(16)24(9-6-20)17(25)26/h10-12H,4-9H2,1-3H3. The quantitative estimate of drug-likeness (QED) is 0.626. The minimum atomic E-state index is -0.532. The number of amides is 1. The maximum atomic E-state index is 13.1. The molecule has 2 heterocycles. The number of nitrogens with zero attached hydrogens (tertiary/aromatic N) is 3. The smallest absolute Gasteiger partial charge is 0.410 e. The highest BCUT2D eigenvalue weighted by atomic mass is 35.5. The first-order valence-corrected chi connectivity index (χ1v) is 10.5. The molecule has 154 valence electrons. The first-order chi connectivity index (χ1) is 13.1. The van der Waals surface area contributed by atoms with Crippen molar-refractivity contribution >= 4 is 51.9 Å². The van der Waals surface area contributed by atoms with Gasteiger partial charge in [0.05, 0.1) is 21.1 Å². The van der Waals surface area contributed by atoms with Gasteiger partial charge in [-0.3, -0.25) is 9.13 Å². The molecule has 2 aromatic rings. The number of carbonyl (C=O) groups is 1. The van der Waals surface area contributed by atoms with Crippen molar-refractivity contribution in [2.24, 2.45) is 0 Å². The van der Waals surface area contributed by atoms with Crippen LogP contribution in [0.15, 0.2) is 16.9 Å². The number of imidazole rings is 1. The maximum Gasteiger partial charge on any atom is 0.410 e. The molecule has 1 amide bonds. The van der Waals surface area contributed by atoms with E-state index in [-0.39, 0.29) is 17.8 Å². The van der Waals surface area contributed by atoms with E-state index >= 15 is 0 Å². The molecule has 0 atom stereocenters. The van der Waals surface area contributed by atoms with Gasteiger partial charge in [-0.1, -0.05) is 23.2 Å². The molecule has 9 heteroatoms. The molecule has 1 aromatic heterocycles. The second-order valence-corrected chi connectivity index (χ2v) is 9.14. The summed E-state index contributed by atoms with van der Waals surface area (Å²) in [5.74, 6) is 0.316. The number of carbonyl (C=O) groups excluding carboxylic acids is 1. The van der Waals surface area contributed by atoms with Crippen LogP contribution in [-0.2, 0) is 11.3 Å². The van der Waals surface area contributed by atoms with Crippen molar-refractivity contribution in [1.29, 1.82) is 0 Å². The number of hydrogen-bond donors (Lipinski definition) is 0. The molecule has 1 saturated heterocycles. The van der Waals surface area contributed by atoms with Gasteiger partial charge in [-0.05, 0) is 45.7 Å². The Labute approximate surface area is 178 Å². The summed E-state index contributed by atoms with van der Waals surface area (Å²) in [6, 6.07) is 3.40. The molecule has 3 rings (SSSR count). The molecule has 1 aromatic carbocycles. The van der Waals surface area contributed by atoms with E-state index in [0.29, 0.717) is 48.4 Å². The molecular weight excluding hydrogens is 425 g/mol. The largest absolute Gasteiger partial charge is 0.444 e. The predicted octanol–water partition coefficient (Wildman–Crippen LogP) is 4.92. The molecule has 28 heavy (non-hydrogen) atoms. The highest BCUT2D eigenvalue weighted by molar-refractivity contribution is 6.42. The van der Waals surface area contributed by atoms with Crippen LogP contribution in [0.1, 0.15) is 39.7 Å². The fraction of sp³-hybridized carbons (Fsp3) is 0.579. The molecule has 6 nitrogen and oxygen atoms in total. The second kappa shape index (κ2) is 8.17. The number of alkyl halides is 1. The molecule has 1 fully saturated rings. The molecule has 0 aliphatic carbocycles. The fourth-order valence-electron chi connectivity index (χ4n) is 3.56. The zero-order chi connectivity index (χ0) is 20.6. The van der Waals surface area contributed by atoms with Crippen LogP contribution in [0.3, 0.4) is 0 Å². The van der Waals surface area contributed by atoms with E-state index in [2.05, 4.69) is 0 Å². The minimum Gasteiger partial charge on any atom is -0.444 e. The molecule has 0 bridgehead atoms. The Morgan fingerprint density at radius 2 is 1.71 bits per heavy atom. The number of rotatable bonds is 3. The summed E-state index contributed by atoms with van der Waals surface area (Å²) in [6.07, 6.45) is 0.983. The monoisotopic (exact) mass is 447 g/mol. The number of fused-ring (bicyclic) bond motifs is 1. The van der Waals surface area contributed by atoms with Gasteiger partial charge in [-0.25, -0.2) is 9.59 Å². The second-order valence-electron chi connectivity index (χ2n) is 7.95. The Morgan fingerprint density at radius 1 is 1.14 bits per heavy atom. The molecule has 0 unspecified atom stereocenters. The number of benzene rings is 1. The van der Waals surface area contributed by atoms with Gasteiger partial charge < -0.3 is 9.64 Å². The van der Waals surface area contributed by atoms with Gasteiger partial charge in [0, 0.05) is 31.6 Å². The lowest BCUT2D eigenvalue weighted by atomic mass is 10.0. The summed E-state index contributed by atoms with van der Waals surface area (Å²) in [4.78, 5) is 27.1. The number of likely N-dealkylation sites (tertiary alicyclic amines) is 1. The number of piperidine rings is 1. The molecular formula is C19H24Cl3N3O3. The van der Waals surface area contributed by atoms with E-state index < -0.39 is 5.60 Å². The van der Waals surface area contributed by atoms with Crippen LogP contribution in [-0.4, -0.2) is 44.7 Å². The Balaban J connectivity index is 1.89. The number of ether oxygens (including phenoxy) is 1. The molecule has 0 N–H and O–H groups in total. The highest BCUT2D eigenvalue weighted by Crippen LogP contribution is 2.31. The van der Waals surface area contributed by atoms with Crippen LogP contribution in [0.2, 0.25) is 10.0 Å². The number of aromatic nitrogens is 2. The van der Waals surface area contributed by atoms with Crippen LogP contribution < -0.4 is 5.69 Å². The normalized spacial score (nSPS) is 16.0. The van der Waals surface area contributed by atoms with Crippen LogP contribution in [0, 0.1) is 0 Å². The molecule has 0 saturated carbocycles. The zero-order valence-corrected chi connectivity index (χ0v) is 18.4. The van der Waals surface area contributed by atoms with Gasteiger partial charge in [-0.2, -0.15) is 0 Å². The molecule has 1 aliphatic rings. The van der Waals surface area contributed by atoms with Gasteiger partial charge in [0.2, 0.25) is 0 Å². The van der Waals surface area contributed by atoms with Gasteiger partial charge in [0.15, 0.2) is 0 Å². The van der Waals surface area contributed by atoms with E-state index in [4.69, 9.17) is 39.5 Å². The van der Waals surface area contributed by atoms with E-state index in [1.807, 2.05) is 20.8 Å². The summed E-state index contributed by atoms with van der Waals surface area (Å²) in [6.45, 7) is 6.97. The minimum absolute atomic E-state index is 0.0393. The summed E-state index contributed by atoms with van der Waals surface area (Å²) in [5.41, 5.74) is 0.787. The lowest BCUT2D eigenvalue weighted by molar-refractivity contribution is 0.0188. The first-order valence-electron chi connectivity index (χ1n) is 9.26. The van der Waals surface area contributed by atoms with E-state index in [1.165, 1.54) is 0 Å². The van der Waals surface area contributed by atoms with Crippen molar-refractivity contribution < 1.29 is 9.53 Å². The predicted molar refractivity (Wildman–Crippen MR) is 113 cm³/mol. The van der Waals surface area contributed by atoms with Crippen molar-refractivity contribution in [3.05, 3.63) is 32.7 Å². The number of aryl methyl sites for hydroxylation is 1. The van der Waals surface area contributed by atoms with Crippen LogP contribution in [0.25, 0.3) is 11.0 Å². The Kier molecular flexibility index (Phi) is 6.23.